The maximum absolute atomic E-state index is 13.2. The van der Waals surface area contributed by atoms with Crippen LogP contribution in [0.3, 0.4) is 0 Å². The summed E-state index contributed by atoms with van der Waals surface area (Å²) in [6.07, 6.45) is 5.49. The van der Waals surface area contributed by atoms with Crippen LogP contribution in [0.5, 0.6) is 0 Å². The van der Waals surface area contributed by atoms with Crippen molar-refractivity contribution in [3.05, 3.63) is 29.7 Å². The Bertz CT molecular complexity index is 1180. The van der Waals surface area contributed by atoms with Crippen LogP contribution in [-0.2, 0) is 33.5 Å². The van der Waals surface area contributed by atoms with E-state index >= 15 is 0 Å². The smallest absolute Gasteiger partial charge is 0.355 e. The van der Waals surface area contributed by atoms with E-state index in [2.05, 4.69) is 19.8 Å². The summed E-state index contributed by atoms with van der Waals surface area (Å²) in [6, 6.07) is -0.952. The number of nitrogens with one attached hydrogen (secondary N) is 1. The number of nitrogens with two attached hydrogens (primary N) is 1. The summed E-state index contributed by atoms with van der Waals surface area (Å²) in [7, 11) is 0. The van der Waals surface area contributed by atoms with E-state index in [4.69, 9.17) is 20.0 Å². The van der Waals surface area contributed by atoms with Crippen LogP contribution >= 0.6 is 23.3 Å². The quantitative estimate of drug-likeness (QED) is 0.146. The fourth-order valence-corrected chi connectivity index (χ4v) is 5.55. The molecule has 5 atom stereocenters. The number of fused-ring (bicyclic) bond motifs is 1. The first kappa shape index (κ1) is 26.6. The van der Waals surface area contributed by atoms with Gasteiger partial charge in [0.25, 0.3) is 11.8 Å². The zero-order valence-corrected chi connectivity index (χ0v) is 21.9. The first-order valence-corrected chi connectivity index (χ1v) is 13.3. The molecule has 4 rings (SSSR count). The van der Waals surface area contributed by atoms with Gasteiger partial charge in [0.15, 0.2) is 11.2 Å². The molecule has 1 aromatic rings. The van der Waals surface area contributed by atoms with Gasteiger partial charge in [-0.2, -0.15) is 9.36 Å². The summed E-state index contributed by atoms with van der Waals surface area (Å²) in [5, 5.41) is 6.01. The fraction of sp³-hybridized carbons (Fsp3) is 0.500. The summed E-state index contributed by atoms with van der Waals surface area (Å²) < 4.78 is 14.1. The molecule has 3 heterocycles. The van der Waals surface area contributed by atoms with Gasteiger partial charge >= 0.3 is 11.9 Å². The van der Waals surface area contributed by atoms with Crippen molar-refractivity contribution in [3.8, 4) is 0 Å². The number of nitrogen functional groups attached to an aromatic ring is 1. The van der Waals surface area contributed by atoms with E-state index in [1.807, 2.05) is 19.1 Å². The second kappa shape index (κ2) is 11.3. The molecule has 1 aliphatic carbocycles. The van der Waals surface area contributed by atoms with Crippen molar-refractivity contribution in [1.29, 1.82) is 0 Å². The molecule has 1 saturated heterocycles. The van der Waals surface area contributed by atoms with Crippen molar-refractivity contribution in [2.45, 2.75) is 62.5 Å². The fourth-order valence-electron chi connectivity index (χ4n) is 3.79. The Kier molecular flexibility index (Phi) is 8.12. The maximum Gasteiger partial charge on any atom is 0.355 e. The van der Waals surface area contributed by atoms with Crippen molar-refractivity contribution in [2.75, 3.05) is 12.3 Å². The molecule has 13 nitrogen and oxygen atoms in total. The largest absolute Gasteiger partial charge is 0.463 e. The van der Waals surface area contributed by atoms with E-state index in [1.54, 1.807) is 13.0 Å². The topological polar surface area (TPSA) is 175 Å². The number of carbonyl (C=O) groups is 4. The van der Waals surface area contributed by atoms with Crippen LogP contribution in [-0.4, -0.2) is 79.2 Å². The molecule has 37 heavy (non-hydrogen) atoms. The molecular weight excluding hydrogens is 524 g/mol. The number of β-lactam (4-membered cyclic amide) rings is 1. The molecule has 2 aliphatic heterocycles. The molecule has 0 saturated carbocycles. The number of ether oxygens (including phenoxy) is 2. The average Bonchev–Trinajstić information content (AvgIpc) is 3.54. The molecule has 15 heteroatoms. The minimum atomic E-state index is -1.14. The monoisotopic (exact) mass is 550 g/mol. The standard InChI is InChI=1S/C22H26N6O7S2/c1-4-33-20(31)11(3)34-21(32)13-9-10(2)36-19-15(18(30)28(13)19)24-17(29)14(16-25-22(23)37-27-16)26-35-12-7-5-6-8-12/h5,7,9-12,15,19H,4,6,8H2,1-3H3,(H,24,29)(H2,23,25,27)/t10?,11?,12?,15?,19-/m0/s1. The lowest BCUT2D eigenvalue weighted by atomic mass is 10.0. The molecule has 0 aromatic carbocycles. The van der Waals surface area contributed by atoms with Gasteiger partial charge in [-0.3, -0.25) is 14.5 Å². The van der Waals surface area contributed by atoms with Gasteiger partial charge in [-0.1, -0.05) is 11.2 Å². The molecule has 3 aliphatic rings. The van der Waals surface area contributed by atoms with Gasteiger partial charge in [0.1, 0.15) is 23.2 Å². The molecule has 0 spiro atoms. The Hall–Kier alpha value is -3.46. The second-order valence-corrected chi connectivity index (χ2v) is 10.6. The number of oxime groups is 1. The van der Waals surface area contributed by atoms with E-state index in [1.165, 1.54) is 23.6 Å². The van der Waals surface area contributed by atoms with Gasteiger partial charge in [0.05, 0.1) is 6.61 Å². The molecule has 1 aromatic heterocycles. The number of amides is 2. The highest BCUT2D eigenvalue weighted by Crippen LogP contribution is 2.41. The minimum Gasteiger partial charge on any atom is -0.463 e. The van der Waals surface area contributed by atoms with E-state index in [0.29, 0.717) is 0 Å². The third kappa shape index (κ3) is 5.77. The Morgan fingerprint density at radius 3 is 2.81 bits per heavy atom. The minimum absolute atomic E-state index is 0.00193. The maximum atomic E-state index is 13.2. The summed E-state index contributed by atoms with van der Waals surface area (Å²) >= 11 is 2.27. The highest BCUT2D eigenvalue weighted by Gasteiger charge is 2.54. The van der Waals surface area contributed by atoms with Gasteiger partial charge in [0.2, 0.25) is 11.5 Å². The normalized spacial score (nSPS) is 25.5. The molecule has 1 fully saturated rings. The predicted octanol–water partition coefficient (Wildman–Crippen LogP) is 0.727. The number of anilines is 1. The third-order valence-electron chi connectivity index (χ3n) is 5.56. The number of aromatic nitrogens is 2. The van der Waals surface area contributed by atoms with E-state index < -0.39 is 41.3 Å². The summed E-state index contributed by atoms with van der Waals surface area (Å²) in [6.45, 7) is 5.01. The van der Waals surface area contributed by atoms with Gasteiger partial charge < -0.3 is 25.4 Å². The second-order valence-electron chi connectivity index (χ2n) is 8.29. The predicted molar refractivity (Wildman–Crippen MR) is 134 cm³/mol. The lowest BCUT2D eigenvalue weighted by molar-refractivity contribution is -0.166. The summed E-state index contributed by atoms with van der Waals surface area (Å²) in [5.41, 5.74) is 5.46. The number of hydrogen-bond acceptors (Lipinski definition) is 13. The van der Waals surface area contributed by atoms with E-state index in [9.17, 15) is 19.2 Å². The zero-order valence-electron chi connectivity index (χ0n) is 20.3. The van der Waals surface area contributed by atoms with E-state index in [-0.39, 0.29) is 40.3 Å². The molecule has 198 valence electrons. The molecule has 2 amide bonds. The van der Waals surface area contributed by atoms with Crippen LogP contribution in [0.1, 0.15) is 39.4 Å². The van der Waals surface area contributed by atoms with Crippen LogP contribution in [0.2, 0.25) is 0 Å². The summed E-state index contributed by atoms with van der Waals surface area (Å²) in [4.78, 5) is 61.6. The van der Waals surface area contributed by atoms with Crippen molar-refractivity contribution in [3.63, 3.8) is 0 Å². The van der Waals surface area contributed by atoms with Gasteiger partial charge in [0, 0.05) is 16.8 Å². The number of nitrogens with zero attached hydrogens (tertiary/aromatic N) is 4. The lowest BCUT2D eigenvalue weighted by Gasteiger charge is -2.49. The number of hydrogen-bond donors (Lipinski definition) is 2. The highest BCUT2D eigenvalue weighted by atomic mass is 32.2. The summed E-state index contributed by atoms with van der Waals surface area (Å²) in [5.74, 6) is -2.79. The average molecular weight is 551 g/mol. The number of rotatable bonds is 9. The first-order chi connectivity index (χ1) is 17.7. The molecule has 4 unspecified atom stereocenters. The van der Waals surface area contributed by atoms with E-state index in [0.717, 1.165) is 24.4 Å². The van der Waals surface area contributed by atoms with Crippen LogP contribution < -0.4 is 11.1 Å². The zero-order chi connectivity index (χ0) is 26.7. The van der Waals surface area contributed by atoms with Crippen molar-refractivity contribution >= 4 is 57.9 Å². The Morgan fingerprint density at radius 1 is 1.38 bits per heavy atom. The molecule has 0 bridgehead atoms. The van der Waals surface area contributed by atoms with Crippen molar-refractivity contribution in [2.24, 2.45) is 5.16 Å². The highest BCUT2D eigenvalue weighted by molar-refractivity contribution is 8.00. The van der Waals surface area contributed by atoms with Crippen LogP contribution in [0.4, 0.5) is 5.13 Å². The molecule has 3 N–H and O–H groups in total. The van der Waals surface area contributed by atoms with Gasteiger partial charge in [-0.25, -0.2) is 9.59 Å². The number of thioether (sulfide) groups is 1. The number of allylic oxidation sites excluding steroid dienone is 1. The Balaban J connectivity index is 1.46. The Morgan fingerprint density at radius 2 is 2.16 bits per heavy atom. The Labute approximate surface area is 220 Å². The lowest BCUT2D eigenvalue weighted by Crippen LogP contribution is -2.71. The van der Waals surface area contributed by atoms with Gasteiger partial charge in [-0.05, 0) is 45.8 Å². The number of carbonyl (C=O) groups excluding carboxylic acids is 4. The first-order valence-electron chi connectivity index (χ1n) is 11.6. The van der Waals surface area contributed by atoms with Crippen molar-refractivity contribution < 1.29 is 33.5 Å². The SMILES string of the molecule is CCOC(=O)C(C)OC(=O)C1=CC(C)S[C@H]2C(NC(=O)C(=NOC3C=CCC3)c3nsc(N)n3)C(=O)N12. The van der Waals surface area contributed by atoms with Crippen LogP contribution in [0.15, 0.2) is 29.1 Å². The van der Waals surface area contributed by atoms with Crippen molar-refractivity contribution in [1.82, 2.24) is 19.6 Å². The number of esters is 2. The molecule has 0 radical (unpaired) electrons. The van der Waals surface area contributed by atoms with Crippen LogP contribution in [0.25, 0.3) is 0 Å². The van der Waals surface area contributed by atoms with Crippen LogP contribution in [0, 0.1) is 0 Å². The molecular formula is C22H26N6O7S2. The third-order valence-corrected chi connectivity index (χ3v) is 7.43. The van der Waals surface area contributed by atoms with Gasteiger partial charge in [-0.15, -0.1) is 11.8 Å².